The molecular weight excluding hydrogens is 324 g/mol. The van der Waals surface area contributed by atoms with Crippen LogP contribution in [0.5, 0.6) is 5.75 Å². The zero-order valence-corrected chi connectivity index (χ0v) is 16.4. The Labute approximate surface area is 157 Å². The van der Waals surface area contributed by atoms with Crippen LogP contribution in [0.3, 0.4) is 0 Å². The molecule has 0 saturated heterocycles. The maximum Gasteiger partial charge on any atom is 0.238 e. The lowest BCUT2D eigenvalue weighted by Gasteiger charge is -2.23. The highest BCUT2D eigenvalue weighted by molar-refractivity contribution is 5.93. The van der Waals surface area contributed by atoms with E-state index in [4.69, 9.17) is 4.74 Å². The molecule has 0 aliphatic heterocycles. The van der Waals surface area contributed by atoms with Gasteiger partial charge in [-0.05, 0) is 35.1 Å². The van der Waals surface area contributed by atoms with Crippen molar-refractivity contribution in [3.05, 3.63) is 59.7 Å². The summed E-state index contributed by atoms with van der Waals surface area (Å²) in [5.41, 5.74) is 3.21. The van der Waals surface area contributed by atoms with Crippen molar-refractivity contribution in [2.45, 2.75) is 39.7 Å². The first-order valence-electron chi connectivity index (χ1n) is 9.18. The van der Waals surface area contributed by atoms with Crippen LogP contribution in [0.4, 0.5) is 5.69 Å². The van der Waals surface area contributed by atoms with Crippen molar-refractivity contribution in [2.75, 3.05) is 19.0 Å². The summed E-state index contributed by atoms with van der Waals surface area (Å²) in [5.74, 6) is 1.46. The Morgan fingerprint density at radius 1 is 0.962 bits per heavy atom. The molecule has 0 aromatic heterocycles. The quantitative estimate of drug-likeness (QED) is 0.719. The van der Waals surface area contributed by atoms with E-state index in [1.807, 2.05) is 24.3 Å². The highest BCUT2D eigenvalue weighted by Crippen LogP contribution is 2.25. The van der Waals surface area contributed by atoms with Crippen molar-refractivity contribution in [2.24, 2.45) is 5.92 Å². The van der Waals surface area contributed by atoms with Crippen molar-refractivity contribution in [3.63, 3.8) is 0 Å². The highest BCUT2D eigenvalue weighted by atomic mass is 16.5. The van der Waals surface area contributed by atoms with Crippen molar-refractivity contribution >= 4 is 11.6 Å². The minimum atomic E-state index is -0.0843. The van der Waals surface area contributed by atoms with Crippen LogP contribution in [-0.4, -0.2) is 19.6 Å². The SMILES string of the molecule is COc1ccccc1NC(=O)CN[C@H](c1ccc(C(C)C)cc1)C(C)C. The summed E-state index contributed by atoms with van der Waals surface area (Å²) in [6.45, 7) is 8.94. The molecule has 1 amide bonds. The third-order valence-corrected chi connectivity index (χ3v) is 4.49. The Balaban J connectivity index is 2.00. The van der Waals surface area contributed by atoms with Gasteiger partial charge in [0.2, 0.25) is 5.91 Å². The summed E-state index contributed by atoms with van der Waals surface area (Å²) in [6, 6.07) is 16.2. The van der Waals surface area contributed by atoms with Gasteiger partial charge in [0, 0.05) is 6.04 Å². The van der Waals surface area contributed by atoms with Gasteiger partial charge in [-0.2, -0.15) is 0 Å². The van der Waals surface area contributed by atoms with Gasteiger partial charge in [0.05, 0.1) is 19.3 Å². The molecule has 2 aromatic carbocycles. The van der Waals surface area contributed by atoms with Crippen LogP contribution in [-0.2, 0) is 4.79 Å². The summed E-state index contributed by atoms with van der Waals surface area (Å²) < 4.78 is 5.27. The van der Waals surface area contributed by atoms with Crippen LogP contribution >= 0.6 is 0 Å². The number of rotatable bonds is 8. The summed E-state index contributed by atoms with van der Waals surface area (Å²) in [5, 5.41) is 6.29. The Hall–Kier alpha value is -2.33. The van der Waals surface area contributed by atoms with Gasteiger partial charge in [-0.15, -0.1) is 0 Å². The van der Waals surface area contributed by atoms with E-state index < -0.39 is 0 Å². The van der Waals surface area contributed by atoms with Crippen molar-refractivity contribution in [1.29, 1.82) is 0 Å². The van der Waals surface area contributed by atoms with Gasteiger partial charge in [-0.1, -0.05) is 64.1 Å². The first-order valence-corrected chi connectivity index (χ1v) is 9.18. The fourth-order valence-corrected chi connectivity index (χ4v) is 2.97. The number of carbonyl (C=O) groups is 1. The molecule has 0 radical (unpaired) electrons. The molecule has 2 rings (SSSR count). The van der Waals surface area contributed by atoms with E-state index >= 15 is 0 Å². The van der Waals surface area contributed by atoms with Gasteiger partial charge in [-0.25, -0.2) is 0 Å². The summed E-state index contributed by atoms with van der Waals surface area (Å²) in [7, 11) is 1.60. The number of ether oxygens (including phenoxy) is 1. The minimum Gasteiger partial charge on any atom is -0.495 e. The molecule has 0 spiro atoms. The number of anilines is 1. The van der Waals surface area contributed by atoms with Crippen LogP contribution in [0.1, 0.15) is 50.8 Å². The number of carbonyl (C=O) groups excluding carboxylic acids is 1. The van der Waals surface area contributed by atoms with Crippen LogP contribution in [0.25, 0.3) is 0 Å². The Morgan fingerprint density at radius 3 is 2.15 bits per heavy atom. The van der Waals surface area contributed by atoms with Crippen LogP contribution in [0.2, 0.25) is 0 Å². The number of para-hydroxylation sites is 2. The van der Waals surface area contributed by atoms with Gasteiger partial charge in [0.15, 0.2) is 0 Å². The van der Waals surface area contributed by atoms with Crippen molar-refractivity contribution in [1.82, 2.24) is 5.32 Å². The average Bonchev–Trinajstić information content (AvgIpc) is 2.62. The lowest BCUT2D eigenvalue weighted by atomic mass is 9.93. The maximum atomic E-state index is 12.4. The fourth-order valence-electron chi connectivity index (χ4n) is 2.97. The van der Waals surface area contributed by atoms with Gasteiger partial charge < -0.3 is 15.4 Å². The van der Waals surface area contributed by atoms with Crippen molar-refractivity contribution in [3.8, 4) is 5.75 Å². The fraction of sp³-hybridized carbons (Fsp3) is 0.409. The molecular formula is C22H30N2O2. The molecule has 0 unspecified atom stereocenters. The Kier molecular flexibility index (Phi) is 7.22. The Morgan fingerprint density at radius 2 is 1.58 bits per heavy atom. The zero-order chi connectivity index (χ0) is 19.1. The van der Waals surface area contributed by atoms with Gasteiger partial charge in [-0.3, -0.25) is 4.79 Å². The predicted octanol–water partition coefficient (Wildman–Crippen LogP) is 4.74. The van der Waals surface area contributed by atoms with E-state index in [9.17, 15) is 4.79 Å². The predicted molar refractivity (Wildman–Crippen MR) is 108 cm³/mol. The summed E-state index contributed by atoms with van der Waals surface area (Å²) in [4.78, 5) is 12.4. The third kappa shape index (κ3) is 5.33. The number of hydrogen-bond donors (Lipinski definition) is 2. The third-order valence-electron chi connectivity index (χ3n) is 4.49. The second kappa shape index (κ2) is 9.39. The average molecular weight is 354 g/mol. The lowest BCUT2D eigenvalue weighted by Crippen LogP contribution is -2.33. The second-order valence-electron chi connectivity index (χ2n) is 7.17. The molecule has 0 saturated carbocycles. The molecule has 0 fully saturated rings. The zero-order valence-electron chi connectivity index (χ0n) is 16.4. The monoisotopic (exact) mass is 354 g/mol. The molecule has 0 aliphatic rings. The summed E-state index contributed by atoms with van der Waals surface area (Å²) in [6.07, 6.45) is 0. The molecule has 26 heavy (non-hydrogen) atoms. The van der Waals surface area contributed by atoms with Crippen molar-refractivity contribution < 1.29 is 9.53 Å². The molecule has 2 N–H and O–H groups in total. The first kappa shape index (κ1) is 20.0. The summed E-state index contributed by atoms with van der Waals surface area (Å²) >= 11 is 0. The van der Waals surface area contributed by atoms with Crippen LogP contribution in [0, 0.1) is 5.92 Å². The molecule has 4 nitrogen and oxygen atoms in total. The minimum absolute atomic E-state index is 0.0843. The standard InChI is InChI=1S/C22H30N2O2/c1-15(2)17-10-12-18(13-11-17)22(16(3)4)23-14-21(25)24-19-8-6-7-9-20(19)26-5/h6-13,15-16,22-23H,14H2,1-5H3,(H,24,25)/t22-/m0/s1. The van der Waals surface area contributed by atoms with E-state index in [0.717, 1.165) is 0 Å². The molecule has 0 heterocycles. The number of methoxy groups -OCH3 is 1. The van der Waals surface area contributed by atoms with E-state index in [0.29, 0.717) is 23.3 Å². The van der Waals surface area contributed by atoms with Crippen LogP contribution < -0.4 is 15.4 Å². The number of hydrogen-bond acceptors (Lipinski definition) is 3. The smallest absolute Gasteiger partial charge is 0.238 e. The molecule has 1 atom stereocenters. The topological polar surface area (TPSA) is 50.4 Å². The molecule has 140 valence electrons. The molecule has 4 heteroatoms. The molecule has 0 aliphatic carbocycles. The first-order chi connectivity index (χ1) is 12.4. The highest BCUT2D eigenvalue weighted by Gasteiger charge is 2.17. The van der Waals surface area contributed by atoms with E-state index in [-0.39, 0.29) is 18.5 Å². The number of amides is 1. The number of benzene rings is 2. The van der Waals surface area contributed by atoms with Gasteiger partial charge >= 0.3 is 0 Å². The molecule has 2 aromatic rings. The number of nitrogens with one attached hydrogen (secondary N) is 2. The van der Waals surface area contributed by atoms with E-state index in [1.54, 1.807) is 7.11 Å². The van der Waals surface area contributed by atoms with E-state index in [2.05, 4.69) is 62.6 Å². The normalized spacial score (nSPS) is 12.3. The lowest BCUT2D eigenvalue weighted by molar-refractivity contribution is -0.115. The van der Waals surface area contributed by atoms with Gasteiger partial charge in [0.25, 0.3) is 0 Å². The molecule has 0 bridgehead atoms. The second-order valence-corrected chi connectivity index (χ2v) is 7.17. The van der Waals surface area contributed by atoms with Crippen LogP contribution in [0.15, 0.2) is 48.5 Å². The van der Waals surface area contributed by atoms with Gasteiger partial charge in [0.1, 0.15) is 5.75 Å². The Bertz CT molecular complexity index is 708. The van der Waals surface area contributed by atoms with E-state index in [1.165, 1.54) is 11.1 Å². The maximum absolute atomic E-state index is 12.4. The largest absolute Gasteiger partial charge is 0.495 e.